The first-order valence-corrected chi connectivity index (χ1v) is 7.78. The van der Waals surface area contributed by atoms with Crippen molar-refractivity contribution in [2.24, 2.45) is 0 Å². The van der Waals surface area contributed by atoms with Gasteiger partial charge in [-0.2, -0.15) is 0 Å². The van der Waals surface area contributed by atoms with Crippen molar-refractivity contribution < 1.29 is 9.53 Å². The van der Waals surface area contributed by atoms with Gasteiger partial charge in [0.1, 0.15) is 0 Å². The molecule has 0 unspecified atom stereocenters. The van der Waals surface area contributed by atoms with E-state index < -0.39 is 0 Å². The Labute approximate surface area is 136 Å². The standard InChI is InChI=1S/C16H22ClN3O2/c1-2-6-18-16(21)19-12-15(20-7-9-22-10-8-20)13-4-3-5-14(17)11-13/h2-5,11,15H,1,6-10,12H2,(H2,18,19,21)/t15-/m1/s1. The molecule has 2 amide bonds. The molecule has 0 bridgehead atoms. The fraction of sp³-hybridized carbons (Fsp3) is 0.438. The number of amides is 2. The Balaban J connectivity index is 2.04. The molecule has 1 aromatic carbocycles. The number of halogens is 1. The minimum absolute atomic E-state index is 0.0806. The third-order valence-electron chi connectivity index (χ3n) is 3.58. The summed E-state index contributed by atoms with van der Waals surface area (Å²) in [5.41, 5.74) is 1.10. The summed E-state index contributed by atoms with van der Waals surface area (Å²) in [5, 5.41) is 6.33. The predicted molar refractivity (Wildman–Crippen MR) is 88.2 cm³/mol. The van der Waals surface area contributed by atoms with Crippen LogP contribution in [-0.2, 0) is 4.74 Å². The van der Waals surface area contributed by atoms with E-state index >= 15 is 0 Å². The topological polar surface area (TPSA) is 53.6 Å². The van der Waals surface area contributed by atoms with Crippen molar-refractivity contribution in [1.29, 1.82) is 0 Å². The first-order chi connectivity index (χ1) is 10.7. The van der Waals surface area contributed by atoms with E-state index in [4.69, 9.17) is 16.3 Å². The van der Waals surface area contributed by atoms with Crippen molar-refractivity contribution in [3.8, 4) is 0 Å². The summed E-state index contributed by atoms with van der Waals surface area (Å²) in [7, 11) is 0. The van der Waals surface area contributed by atoms with Crippen LogP contribution in [0.15, 0.2) is 36.9 Å². The van der Waals surface area contributed by atoms with Crippen LogP contribution in [-0.4, -0.2) is 50.3 Å². The van der Waals surface area contributed by atoms with E-state index in [1.165, 1.54) is 0 Å². The van der Waals surface area contributed by atoms with E-state index in [2.05, 4.69) is 22.1 Å². The van der Waals surface area contributed by atoms with Crippen LogP contribution >= 0.6 is 11.6 Å². The van der Waals surface area contributed by atoms with Gasteiger partial charge in [-0.15, -0.1) is 6.58 Å². The van der Waals surface area contributed by atoms with E-state index in [9.17, 15) is 4.79 Å². The molecule has 1 saturated heterocycles. The number of carbonyl (C=O) groups excluding carboxylic acids is 1. The van der Waals surface area contributed by atoms with E-state index in [-0.39, 0.29) is 12.1 Å². The smallest absolute Gasteiger partial charge is 0.315 e. The van der Waals surface area contributed by atoms with Gasteiger partial charge in [0.25, 0.3) is 0 Å². The highest BCUT2D eigenvalue weighted by Crippen LogP contribution is 2.23. The number of morpholine rings is 1. The van der Waals surface area contributed by atoms with Gasteiger partial charge in [0, 0.05) is 31.2 Å². The minimum Gasteiger partial charge on any atom is -0.379 e. The maximum Gasteiger partial charge on any atom is 0.315 e. The number of rotatable bonds is 6. The van der Waals surface area contributed by atoms with Gasteiger partial charge in [-0.25, -0.2) is 4.79 Å². The van der Waals surface area contributed by atoms with Crippen LogP contribution in [0.4, 0.5) is 4.79 Å². The van der Waals surface area contributed by atoms with Crippen molar-refractivity contribution in [1.82, 2.24) is 15.5 Å². The average molecular weight is 324 g/mol. The van der Waals surface area contributed by atoms with Crippen LogP contribution in [0, 0.1) is 0 Å². The Hall–Kier alpha value is -1.56. The van der Waals surface area contributed by atoms with Gasteiger partial charge in [-0.3, -0.25) is 4.90 Å². The molecule has 0 spiro atoms. The molecule has 1 aliphatic heterocycles. The predicted octanol–water partition coefficient (Wildman–Crippen LogP) is 2.20. The molecule has 1 fully saturated rings. The van der Waals surface area contributed by atoms with Crippen LogP contribution in [0.25, 0.3) is 0 Å². The summed E-state index contributed by atoms with van der Waals surface area (Å²) < 4.78 is 5.41. The first kappa shape index (κ1) is 16.8. The fourth-order valence-corrected chi connectivity index (χ4v) is 2.68. The zero-order valence-electron chi connectivity index (χ0n) is 12.6. The zero-order valence-corrected chi connectivity index (χ0v) is 13.3. The average Bonchev–Trinajstić information content (AvgIpc) is 2.54. The van der Waals surface area contributed by atoms with Crippen LogP contribution in [0.2, 0.25) is 5.02 Å². The first-order valence-electron chi connectivity index (χ1n) is 7.40. The van der Waals surface area contributed by atoms with Gasteiger partial charge < -0.3 is 15.4 Å². The molecule has 0 aromatic heterocycles. The van der Waals surface area contributed by atoms with Crippen molar-refractivity contribution in [3.63, 3.8) is 0 Å². The molecule has 0 radical (unpaired) electrons. The monoisotopic (exact) mass is 323 g/mol. The molecule has 2 rings (SSSR count). The highest BCUT2D eigenvalue weighted by atomic mass is 35.5. The minimum atomic E-state index is -0.194. The summed E-state index contributed by atoms with van der Waals surface area (Å²) in [5.74, 6) is 0. The number of urea groups is 1. The van der Waals surface area contributed by atoms with Crippen molar-refractivity contribution in [3.05, 3.63) is 47.5 Å². The summed E-state index contributed by atoms with van der Waals surface area (Å²) in [6.07, 6.45) is 1.65. The molecule has 5 nitrogen and oxygen atoms in total. The number of nitrogens with zero attached hydrogens (tertiary/aromatic N) is 1. The highest BCUT2D eigenvalue weighted by Gasteiger charge is 2.23. The SMILES string of the molecule is C=CCNC(=O)NC[C@H](c1cccc(Cl)c1)N1CCOCC1. The molecule has 22 heavy (non-hydrogen) atoms. The van der Waals surface area contributed by atoms with Crippen molar-refractivity contribution in [2.75, 3.05) is 39.4 Å². The second kappa shape index (κ2) is 8.78. The molecule has 1 aromatic rings. The molecule has 1 heterocycles. The van der Waals surface area contributed by atoms with Gasteiger partial charge in [0.2, 0.25) is 0 Å². The van der Waals surface area contributed by atoms with Crippen molar-refractivity contribution in [2.45, 2.75) is 6.04 Å². The van der Waals surface area contributed by atoms with E-state index in [1.807, 2.05) is 24.3 Å². The molecule has 1 atom stereocenters. The third-order valence-corrected chi connectivity index (χ3v) is 3.82. The van der Waals surface area contributed by atoms with E-state index in [1.54, 1.807) is 6.08 Å². The van der Waals surface area contributed by atoms with Crippen LogP contribution in [0.5, 0.6) is 0 Å². The lowest BCUT2D eigenvalue weighted by atomic mass is 10.0. The number of benzene rings is 1. The van der Waals surface area contributed by atoms with Gasteiger partial charge >= 0.3 is 6.03 Å². The number of carbonyl (C=O) groups is 1. The molecule has 0 saturated carbocycles. The maximum absolute atomic E-state index is 11.7. The summed E-state index contributed by atoms with van der Waals surface area (Å²) >= 11 is 6.11. The Kier molecular flexibility index (Phi) is 6.71. The van der Waals surface area contributed by atoms with Gasteiger partial charge in [-0.05, 0) is 17.7 Å². The lowest BCUT2D eigenvalue weighted by Gasteiger charge is -2.35. The maximum atomic E-state index is 11.7. The van der Waals surface area contributed by atoms with Crippen LogP contribution in [0.3, 0.4) is 0 Å². The molecular formula is C16H22ClN3O2. The second-order valence-electron chi connectivity index (χ2n) is 5.10. The number of hydrogen-bond donors (Lipinski definition) is 2. The zero-order chi connectivity index (χ0) is 15.8. The summed E-state index contributed by atoms with van der Waals surface area (Å²) in [6, 6.07) is 7.66. The molecule has 2 N–H and O–H groups in total. The lowest BCUT2D eigenvalue weighted by molar-refractivity contribution is 0.0167. The molecule has 120 valence electrons. The van der Waals surface area contributed by atoms with Gasteiger partial charge in [-0.1, -0.05) is 29.8 Å². The molecular weight excluding hydrogens is 302 g/mol. The van der Waals surface area contributed by atoms with E-state index in [0.29, 0.717) is 31.3 Å². The van der Waals surface area contributed by atoms with Crippen molar-refractivity contribution >= 4 is 17.6 Å². The second-order valence-corrected chi connectivity index (χ2v) is 5.54. The Morgan fingerprint density at radius 2 is 2.18 bits per heavy atom. The number of hydrogen-bond acceptors (Lipinski definition) is 3. The van der Waals surface area contributed by atoms with Crippen LogP contribution in [0.1, 0.15) is 11.6 Å². The quantitative estimate of drug-likeness (QED) is 0.789. The number of nitrogens with one attached hydrogen (secondary N) is 2. The van der Waals surface area contributed by atoms with Gasteiger partial charge in [0.05, 0.1) is 19.3 Å². The Bertz CT molecular complexity index is 504. The summed E-state index contributed by atoms with van der Waals surface area (Å²) in [6.45, 7) is 7.64. The molecule has 6 heteroatoms. The lowest BCUT2D eigenvalue weighted by Crippen LogP contribution is -2.45. The summed E-state index contributed by atoms with van der Waals surface area (Å²) in [4.78, 5) is 14.1. The Morgan fingerprint density at radius 3 is 2.86 bits per heavy atom. The molecule has 1 aliphatic rings. The van der Waals surface area contributed by atoms with Crippen LogP contribution < -0.4 is 10.6 Å². The molecule has 0 aliphatic carbocycles. The fourth-order valence-electron chi connectivity index (χ4n) is 2.48. The highest BCUT2D eigenvalue weighted by molar-refractivity contribution is 6.30. The third kappa shape index (κ3) is 5.02. The van der Waals surface area contributed by atoms with E-state index in [0.717, 1.165) is 18.7 Å². The normalized spacial score (nSPS) is 16.8. The number of ether oxygens (including phenoxy) is 1. The van der Waals surface area contributed by atoms with Gasteiger partial charge in [0.15, 0.2) is 0 Å². The largest absolute Gasteiger partial charge is 0.379 e. The Morgan fingerprint density at radius 1 is 1.41 bits per heavy atom.